The third kappa shape index (κ3) is 5.20. The third-order valence-corrected chi connectivity index (χ3v) is 3.45. The van der Waals surface area contributed by atoms with E-state index < -0.39 is 12.1 Å². The first-order valence-electron chi connectivity index (χ1n) is 7.80. The molecule has 0 unspecified atom stereocenters. The number of amides is 3. The van der Waals surface area contributed by atoms with Crippen LogP contribution in [0, 0.1) is 5.82 Å². The zero-order valence-corrected chi connectivity index (χ0v) is 14.1. The number of anilines is 2. The van der Waals surface area contributed by atoms with Crippen molar-refractivity contribution >= 4 is 23.5 Å². The van der Waals surface area contributed by atoms with Crippen LogP contribution in [0.15, 0.2) is 48.5 Å². The van der Waals surface area contributed by atoms with Crippen molar-refractivity contribution in [3.8, 4) is 0 Å². The molecule has 0 atom stereocenters. The van der Waals surface area contributed by atoms with Crippen LogP contribution >= 0.6 is 0 Å². The number of carbonyl (C=O) groups excluding carboxylic acids is 2. The van der Waals surface area contributed by atoms with Crippen LogP contribution in [0.25, 0.3) is 0 Å². The van der Waals surface area contributed by atoms with Gasteiger partial charge in [-0.25, -0.2) is 14.0 Å². The minimum absolute atomic E-state index is 0.0855. The second kappa shape index (κ2) is 8.68. The Morgan fingerprint density at radius 3 is 2.44 bits per heavy atom. The molecule has 2 aromatic carbocycles. The number of hydrogen-bond donors (Lipinski definition) is 2. The van der Waals surface area contributed by atoms with E-state index in [1.807, 2.05) is 0 Å². The number of urea groups is 1. The zero-order valence-electron chi connectivity index (χ0n) is 14.1. The number of carbonyl (C=O) groups is 2. The van der Waals surface area contributed by atoms with Gasteiger partial charge in [0.05, 0.1) is 6.61 Å². The monoisotopic (exact) mass is 345 g/mol. The summed E-state index contributed by atoms with van der Waals surface area (Å²) in [6.45, 7) is 2.12. The molecule has 0 saturated carbocycles. The smallest absolute Gasteiger partial charge is 0.413 e. The normalized spacial score (nSPS) is 10.0. The minimum Gasteiger partial charge on any atom is -0.449 e. The van der Waals surface area contributed by atoms with Gasteiger partial charge in [0.15, 0.2) is 0 Å². The van der Waals surface area contributed by atoms with Crippen LogP contribution in [0.5, 0.6) is 0 Å². The molecule has 0 aliphatic rings. The summed E-state index contributed by atoms with van der Waals surface area (Å²) in [6, 6.07) is 12.5. The van der Waals surface area contributed by atoms with E-state index in [1.165, 1.54) is 11.0 Å². The summed E-state index contributed by atoms with van der Waals surface area (Å²) in [4.78, 5) is 24.9. The number of rotatable bonds is 5. The molecule has 2 rings (SSSR count). The fraction of sp³-hybridized carbons (Fsp3) is 0.222. The lowest BCUT2D eigenvalue weighted by atomic mass is 10.2. The van der Waals surface area contributed by atoms with Gasteiger partial charge < -0.3 is 15.4 Å². The molecule has 2 N–H and O–H groups in total. The highest BCUT2D eigenvalue weighted by atomic mass is 19.1. The van der Waals surface area contributed by atoms with E-state index in [1.54, 1.807) is 56.4 Å². The lowest BCUT2D eigenvalue weighted by Crippen LogP contribution is -2.29. The standard InChI is InChI=1S/C18H20FN3O3/c1-3-25-18(24)22(2)15-10-8-14(9-11-15)21-17(23)20-12-13-6-4-5-7-16(13)19/h4-11H,3,12H2,1-2H3,(H2,20,21,23). The topological polar surface area (TPSA) is 70.7 Å². The van der Waals surface area contributed by atoms with Crippen LogP contribution in [0.3, 0.4) is 0 Å². The lowest BCUT2D eigenvalue weighted by molar-refractivity contribution is 0.161. The Bertz CT molecular complexity index is 735. The third-order valence-electron chi connectivity index (χ3n) is 3.45. The van der Waals surface area contributed by atoms with Gasteiger partial charge in [0.2, 0.25) is 0 Å². The highest BCUT2D eigenvalue weighted by Gasteiger charge is 2.11. The van der Waals surface area contributed by atoms with E-state index in [0.29, 0.717) is 23.5 Å². The Balaban J connectivity index is 1.89. The first-order chi connectivity index (χ1) is 12.0. The van der Waals surface area contributed by atoms with Gasteiger partial charge in [0, 0.05) is 30.5 Å². The summed E-state index contributed by atoms with van der Waals surface area (Å²) >= 11 is 0. The van der Waals surface area contributed by atoms with Gasteiger partial charge in [-0.15, -0.1) is 0 Å². The lowest BCUT2D eigenvalue weighted by Gasteiger charge is -2.17. The summed E-state index contributed by atoms with van der Waals surface area (Å²) in [5.41, 5.74) is 1.59. The van der Waals surface area contributed by atoms with E-state index in [4.69, 9.17) is 4.74 Å². The maximum Gasteiger partial charge on any atom is 0.413 e. The van der Waals surface area contributed by atoms with E-state index >= 15 is 0 Å². The van der Waals surface area contributed by atoms with Crippen molar-refractivity contribution in [2.24, 2.45) is 0 Å². The first kappa shape index (κ1) is 18.3. The number of nitrogens with one attached hydrogen (secondary N) is 2. The van der Waals surface area contributed by atoms with Crippen LogP contribution in [0.4, 0.5) is 25.4 Å². The first-order valence-corrected chi connectivity index (χ1v) is 7.80. The SMILES string of the molecule is CCOC(=O)N(C)c1ccc(NC(=O)NCc2ccccc2F)cc1. The van der Waals surface area contributed by atoms with Crippen molar-refractivity contribution in [1.82, 2.24) is 5.32 Å². The molecule has 0 bridgehead atoms. The molecule has 0 saturated heterocycles. The fourth-order valence-corrected chi connectivity index (χ4v) is 2.09. The van der Waals surface area contributed by atoms with Gasteiger partial charge >= 0.3 is 12.1 Å². The van der Waals surface area contributed by atoms with Crippen molar-refractivity contribution in [2.45, 2.75) is 13.5 Å². The van der Waals surface area contributed by atoms with E-state index in [0.717, 1.165) is 0 Å². The number of nitrogens with zero attached hydrogens (tertiary/aromatic N) is 1. The molecule has 0 aliphatic carbocycles. The van der Waals surface area contributed by atoms with Gasteiger partial charge in [0.25, 0.3) is 0 Å². The van der Waals surface area contributed by atoms with Gasteiger partial charge in [-0.1, -0.05) is 18.2 Å². The molecule has 0 spiro atoms. The summed E-state index contributed by atoms with van der Waals surface area (Å²) in [5, 5.41) is 5.23. The molecule has 0 fully saturated rings. The van der Waals surface area contributed by atoms with Crippen molar-refractivity contribution in [2.75, 3.05) is 23.9 Å². The second-order valence-corrected chi connectivity index (χ2v) is 5.20. The molecule has 6 nitrogen and oxygen atoms in total. The molecule has 0 aromatic heterocycles. The van der Waals surface area contributed by atoms with Crippen LogP contribution < -0.4 is 15.5 Å². The fourth-order valence-electron chi connectivity index (χ4n) is 2.09. The quantitative estimate of drug-likeness (QED) is 0.867. The molecule has 7 heteroatoms. The minimum atomic E-state index is -0.453. The molecular weight excluding hydrogens is 325 g/mol. The Labute approximate surface area is 145 Å². The Morgan fingerprint density at radius 2 is 1.80 bits per heavy atom. The molecule has 25 heavy (non-hydrogen) atoms. The summed E-state index contributed by atoms with van der Waals surface area (Å²) < 4.78 is 18.4. The van der Waals surface area contributed by atoms with Gasteiger partial charge in [-0.2, -0.15) is 0 Å². The predicted octanol–water partition coefficient (Wildman–Crippen LogP) is 3.74. The van der Waals surface area contributed by atoms with Gasteiger partial charge in [-0.3, -0.25) is 4.90 Å². The average molecular weight is 345 g/mol. The van der Waals surface area contributed by atoms with E-state index in [9.17, 15) is 14.0 Å². The Kier molecular flexibility index (Phi) is 6.33. The number of ether oxygens (including phenoxy) is 1. The Morgan fingerprint density at radius 1 is 1.12 bits per heavy atom. The molecule has 0 heterocycles. The largest absolute Gasteiger partial charge is 0.449 e. The predicted molar refractivity (Wildman–Crippen MR) is 94.1 cm³/mol. The van der Waals surface area contributed by atoms with Gasteiger partial charge in [0.1, 0.15) is 5.82 Å². The molecule has 0 aliphatic heterocycles. The number of hydrogen-bond acceptors (Lipinski definition) is 3. The van der Waals surface area contributed by atoms with Crippen LogP contribution in [-0.2, 0) is 11.3 Å². The van der Waals surface area contributed by atoms with Crippen molar-refractivity contribution < 1.29 is 18.7 Å². The molecular formula is C18H20FN3O3. The maximum absolute atomic E-state index is 13.5. The van der Waals surface area contributed by atoms with Crippen LogP contribution in [0.2, 0.25) is 0 Å². The molecule has 2 aromatic rings. The van der Waals surface area contributed by atoms with Crippen LogP contribution in [-0.4, -0.2) is 25.8 Å². The number of halogens is 1. The van der Waals surface area contributed by atoms with Crippen molar-refractivity contribution in [1.29, 1.82) is 0 Å². The van der Waals surface area contributed by atoms with Crippen LogP contribution in [0.1, 0.15) is 12.5 Å². The van der Waals surface area contributed by atoms with Crippen molar-refractivity contribution in [3.05, 3.63) is 59.9 Å². The molecule has 0 radical (unpaired) electrons. The zero-order chi connectivity index (χ0) is 18.2. The highest BCUT2D eigenvalue weighted by molar-refractivity contribution is 5.90. The molecule has 3 amide bonds. The van der Waals surface area contributed by atoms with E-state index in [2.05, 4.69) is 10.6 Å². The molecule has 132 valence electrons. The summed E-state index contributed by atoms with van der Waals surface area (Å²) in [6.07, 6.45) is -0.453. The van der Waals surface area contributed by atoms with E-state index in [-0.39, 0.29) is 12.4 Å². The van der Waals surface area contributed by atoms with Crippen molar-refractivity contribution in [3.63, 3.8) is 0 Å². The maximum atomic E-state index is 13.5. The summed E-state index contributed by atoms with van der Waals surface area (Å²) in [5.74, 6) is -0.367. The second-order valence-electron chi connectivity index (χ2n) is 5.20. The van der Waals surface area contributed by atoms with Gasteiger partial charge in [-0.05, 0) is 37.3 Å². The average Bonchev–Trinajstić information content (AvgIpc) is 2.61. The highest BCUT2D eigenvalue weighted by Crippen LogP contribution is 2.17. The Hall–Kier alpha value is -3.09. The number of benzene rings is 2. The summed E-state index contributed by atoms with van der Waals surface area (Å²) in [7, 11) is 1.60.